The Morgan fingerprint density at radius 1 is 0.791 bits per heavy atom. The van der Waals surface area contributed by atoms with E-state index < -0.39 is 33.8 Å². The fourth-order valence-corrected chi connectivity index (χ4v) is 10.7. The van der Waals surface area contributed by atoms with Gasteiger partial charge in [-0.2, -0.15) is 4.72 Å². The Hall–Kier alpha value is -6.19. The van der Waals surface area contributed by atoms with E-state index in [1.54, 1.807) is 24.3 Å². The number of amides is 2. The molecule has 67 heavy (non-hydrogen) atoms. The summed E-state index contributed by atoms with van der Waals surface area (Å²) in [4.78, 5) is 32.0. The minimum atomic E-state index is -4.00. The number of carbonyl (C=O) groups excluding carboxylic acids is 2. The van der Waals surface area contributed by atoms with Crippen molar-refractivity contribution in [3.05, 3.63) is 191 Å². The molecule has 3 aliphatic heterocycles. The number of anilines is 1. The molecule has 346 valence electrons. The van der Waals surface area contributed by atoms with Crippen LogP contribution in [0.4, 0.5) is 5.69 Å². The number of nitrogens with zero attached hydrogens (tertiary/aromatic N) is 2. The molecule has 3 fully saturated rings. The quantitative estimate of drug-likeness (QED) is 0.0831. The third-order valence-corrected chi connectivity index (χ3v) is 14.8. The zero-order chi connectivity index (χ0) is 46.4. The lowest BCUT2D eigenvalue weighted by molar-refractivity contribution is -0.253. The second-order valence-corrected chi connectivity index (χ2v) is 19.5. The minimum Gasteiger partial charge on any atom is -0.392 e. The Bertz CT molecular complexity index is 2730. The first-order valence-electron chi connectivity index (χ1n) is 23.0. The molecule has 2 amide bonds. The SMILES string of the molecule is Cc1ccc(S(=O)(=O)NC(Cc2ccccc2)C(=O)NCc2ccccc2-c2ccc(C3OC(CN4CCC5(CC4)C(=O)NCN5c4ccccc4)CC(c4ccc(CO)cc4)O3)cc2)cc1. The molecule has 3 saturated heterocycles. The molecule has 6 aromatic rings. The number of carbonyl (C=O) groups is 2. The minimum absolute atomic E-state index is 0.0387. The molecule has 0 saturated carbocycles. The van der Waals surface area contributed by atoms with Gasteiger partial charge in [-0.1, -0.05) is 139 Å². The fraction of sp³-hybridized carbons (Fsp3) is 0.296. The monoisotopic (exact) mass is 919 g/mol. The zero-order valence-corrected chi connectivity index (χ0v) is 38.4. The van der Waals surface area contributed by atoms with Crippen LogP contribution >= 0.6 is 0 Å². The average molecular weight is 920 g/mol. The van der Waals surface area contributed by atoms with Gasteiger partial charge in [0, 0.05) is 43.9 Å². The van der Waals surface area contributed by atoms with Gasteiger partial charge >= 0.3 is 0 Å². The third-order valence-electron chi connectivity index (χ3n) is 13.4. The van der Waals surface area contributed by atoms with Crippen LogP contribution in [0.5, 0.6) is 0 Å². The van der Waals surface area contributed by atoms with Crippen molar-refractivity contribution >= 4 is 27.5 Å². The molecule has 0 aliphatic carbocycles. The number of sulfonamides is 1. The van der Waals surface area contributed by atoms with Gasteiger partial charge in [0.25, 0.3) is 0 Å². The summed E-state index contributed by atoms with van der Waals surface area (Å²) in [5.41, 5.74) is 7.65. The molecule has 3 aliphatic rings. The lowest BCUT2D eigenvalue weighted by atomic mass is 9.85. The molecule has 0 radical (unpaired) electrons. The molecule has 1 spiro atoms. The van der Waals surface area contributed by atoms with Crippen molar-refractivity contribution in [2.45, 2.75) is 80.7 Å². The Morgan fingerprint density at radius 3 is 2.15 bits per heavy atom. The summed E-state index contributed by atoms with van der Waals surface area (Å²) in [6.07, 6.45) is 1.17. The first-order valence-corrected chi connectivity index (χ1v) is 24.5. The Kier molecular flexibility index (Phi) is 14.0. The normalized spacial score (nSPS) is 20.1. The zero-order valence-electron chi connectivity index (χ0n) is 37.6. The maximum atomic E-state index is 13.9. The van der Waals surface area contributed by atoms with Crippen molar-refractivity contribution in [1.82, 2.24) is 20.3 Å². The Labute approximate surface area is 393 Å². The summed E-state index contributed by atoms with van der Waals surface area (Å²) >= 11 is 0. The van der Waals surface area contributed by atoms with Crippen LogP contribution in [0.25, 0.3) is 11.1 Å². The van der Waals surface area contributed by atoms with Gasteiger partial charge in [-0.3, -0.25) is 9.59 Å². The highest BCUT2D eigenvalue weighted by Gasteiger charge is 2.50. The highest BCUT2D eigenvalue weighted by Crippen LogP contribution is 2.41. The van der Waals surface area contributed by atoms with Crippen LogP contribution < -0.4 is 20.3 Å². The van der Waals surface area contributed by atoms with Gasteiger partial charge in [-0.25, -0.2) is 8.42 Å². The van der Waals surface area contributed by atoms with E-state index in [9.17, 15) is 23.1 Å². The molecule has 9 rings (SSSR count). The van der Waals surface area contributed by atoms with E-state index in [-0.39, 0.29) is 42.6 Å². The molecule has 3 heterocycles. The number of benzene rings is 6. The fourth-order valence-electron chi connectivity index (χ4n) is 9.55. The van der Waals surface area contributed by atoms with E-state index in [2.05, 4.69) is 37.3 Å². The summed E-state index contributed by atoms with van der Waals surface area (Å²) in [6.45, 7) is 4.72. The number of para-hydroxylation sites is 1. The van der Waals surface area contributed by atoms with Gasteiger partial charge in [-0.05, 0) is 83.8 Å². The molecule has 4 N–H and O–H groups in total. The molecule has 4 unspecified atom stereocenters. The van der Waals surface area contributed by atoms with E-state index in [0.29, 0.717) is 32.5 Å². The number of ether oxygens (including phenoxy) is 2. The van der Waals surface area contributed by atoms with Gasteiger partial charge < -0.3 is 35.0 Å². The molecular weight excluding hydrogens is 863 g/mol. The standard InChI is InChI=1S/C54H57N5O7S/c1-38-16-26-47(27-17-38)67(63,64)57-49(32-39-10-4-2-5-11-39)51(61)55-34-44-12-8-9-15-48(44)41-22-24-43(25-23-41)52-65-46(33-50(66-52)42-20-18-40(36-60)19-21-42)35-58-30-28-54(29-31-58)53(62)56-37-59(54)45-13-6-3-7-14-45/h2-27,46,49-50,52,57,60H,28-37H2,1H3,(H,55,61)(H,56,62). The van der Waals surface area contributed by atoms with Crippen molar-refractivity contribution in [2.24, 2.45) is 0 Å². The first kappa shape index (κ1) is 45.9. The summed E-state index contributed by atoms with van der Waals surface area (Å²) < 4.78 is 43.2. The van der Waals surface area contributed by atoms with Crippen molar-refractivity contribution in [1.29, 1.82) is 0 Å². The number of likely N-dealkylation sites (tertiary alicyclic amines) is 1. The topological polar surface area (TPSA) is 150 Å². The molecule has 13 heteroatoms. The molecule has 4 atom stereocenters. The van der Waals surface area contributed by atoms with E-state index in [1.807, 2.05) is 128 Å². The largest absolute Gasteiger partial charge is 0.392 e. The molecule has 6 aromatic carbocycles. The van der Waals surface area contributed by atoms with Crippen LogP contribution in [0.1, 0.15) is 65.0 Å². The average Bonchev–Trinajstić information content (AvgIpc) is 3.68. The van der Waals surface area contributed by atoms with E-state index in [4.69, 9.17) is 9.47 Å². The van der Waals surface area contributed by atoms with Crippen LogP contribution in [0.15, 0.2) is 163 Å². The lowest BCUT2D eigenvalue weighted by Gasteiger charge is -2.45. The number of piperidine rings is 1. The maximum absolute atomic E-state index is 13.9. The number of aliphatic hydroxyl groups excluding tert-OH is 1. The second kappa shape index (κ2) is 20.4. The molecular formula is C54H57N5O7S. The summed E-state index contributed by atoms with van der Waals surface area (Å²) in [6, 6.07) is 48.8. The van der Waals surface area contributed by atoms with Crippen LogP contribution in [-0.2, 0) is 48.7 Å². The summed E-state index contributed by atoms with van der Waals surface area (Å²) in [5, 5.41) is 15.9. The van der Waals surface area contributed by atoms with E-state index in [1.165, 1.54) is 0 Å². The highest BCUT2D eigenvalue weighted by atomic mass is 32.2. The number of rotatable bonds is 15. The number of nitrogens with one attached hydrogen (secondary N) is 3. The highest BCUT2D eigenvalue weighted by molar-refractivity contribution is 7.89. The number of aliphatic hydroxyl groups is 1. The van der Waals surface area contributed by atoms with Crippen LogP contribution in [0, 0.1) is 6.92 Å². The van der Waals surface area contributed by atoms with Crippen molar-refractivity contribution in [2.75, 3.05) is 31.2 Å². The smallest absolute Gasteiger partial charge is 0.247 e. The lowest BCUT2D eigenvalue weighted by Crippen LogP contribution is -2.57. The van der Waals surface area contributed by atoms with Gasteiger partial charge in [0.2, 0.25) is 21.8 Å². The van der Waals surface area contributed by atoms with Crippen molar-refractivity contribution in [3.63, 3.8) is 0 Å². The number of hydrogen-bond donors (Lipinski definition) is 4. The predicted octanol–water partition coefficient (Wildman–Crippen LogP) is 7.33. The van der Waals surface area contributed by atoms with Crippen LogP contribution in [0.3, 0.4) is 0 Å². The Morgan fingerprint density at radius 2 is 1.45 bits per heavy atom. The molecule has 12 nitrogen and oxygen atoms in total. The Balaban J connectivity index is 0.893. The number of aryl methyl sites for hydroxylation is 1. The number of hydrogen-bond acceptors (Lipinski definition) is 9. The summed E-state index contributed by atoms with van der Waals surface area (Å²) in [5.74, 6) is -0.346. The van der Waals surface area contributed by atoms with Gasteiger partial charge in [0.15, 0.2) is 6.29 Å². The van der Waals surface area contributed by atoms with Gasteiger partial charge in [-0.15, -0.1) is 0 Å². The molecule has 0 bridgehead atoms. The van der Waals surface area contributed by atoms with E-state index in [0.717, 1.165) is 63.3 Å². The first-order chi connectivity index (χ1) is 32.6. The van der Waals surface area contributed by atoms with Gasteiger partial charge in [0.1, 0.15) is 11.6 Å². The molecule has 0 aromatic heterocycles. The van der Waals surface area contributed by atoms with Gasteiger partial charge in [0.05, 0.1) is 30.4 Å². The predicted molar refractivity (Wildman–Crippen MR) is 258 cm³/mol. The maximum Gasteiger partial charge on any atom is 0.247 e. The third kappa shape index (κ3) is 10.5. The van der Waals surface area contributed by atoms with Crippen LogP contribution in [-0.4, -0.2) is 74.2 Å². The van der Waals surface area contributed by atoms with Crippen LogP contribution in [0.2, 0.25) is 0 Å². The van der Waals surface area contributed by atoms with Crippen molar-refractivity contribution < 1.29 is 32.6 Å². The van der Waals surface area contributed by atoms with Crippen molar-refractivity contribution in [3.8, 4) is 11.1 Å². The van der Waals surface area contributed by atoms with E-state index >= 15 is 0 Å². The summed E-state index contributed by atoms with van der Waals surface area (Å²) in [7, 11) is -4.00. The second-order valence-electron chi connectivity index (χ2n) is 17.8.